The van der Waals surface area contributed by atoms with Gasteiger partial charge in [0.2, 0.25) is 0 Å². The van der Waals surface area contributed by atoms with E-state index in [1.165, 1.54) is 18.4 Å². The van der Waals surface area contributed by atoms with Crippen LogP contribution in [-0.2, 0) is 19.1 Å². The maximum atomic E-state index is 10.5. The molecule has 3 aliphatic heterocycles. The van der Waals surface area contributed by atoms with Crippen molar-refractivity contribution in [2.45, 2.75) is 76.3 Å². The average Bonchev–Trinajstić information content (AvgIpc) is 3.22. The molecule has 3 heterocycles. The van der Waals surface area contributed by atoms with Crippen LogP contribution >= 0.6 is 0 Å². The molecule has 0 aliphatic carbocycles. The van der Waals surface area contributed by atoms with E-state index in [1.54, 1.807) is 0 Å². The minimum atomic E-state index is -0.734. The van der Waals surface area contributed by atoms with Crippen molar-refractivity contribution in [1.29, 1.82) is 0 Å². The monoisotopic (exact) mass is 351 g/mol. The molecule has 140 valence electrons. The molecule has 3 aliphatic rings. The Bertz CT molecular complexity index is 518. The van der Waals surface area contributed by atoms with Gasteiger partial charge in [-0.2, -0.15) is 0 Å². The lowest BCUT2D eigenvalue weighted by atomic mass is 9.82. The highest BCUT2D eigenvalue weighted by molar-refractivity contribution is 5.66. The number of carboxylic acids is 1. The summed E-state index contributed by atoms with van der Waals surface area (Å²) in [5, 5.41) is 8.65. The highest BCUT2D eigenvalue weighted by atomic mass is 16.7. The Kier molecular flexibility index (Phi) is 6.51. The van der Waals surface area contributed by atoms with Crippen LogP contribution in [0.15, 0.2) is 23.9 Å². The summed E-state index contributed by atoms with van der Waals surface area (Å²) in [6.07, 6.45) is 12.9. The largest absolute Gasteiger partial charge is 0.481 e. The number of hydrogen-bond acceptors (Lipinski definition) is 5. The van der Waals surface area contributed by atoms with Crippen LogP contribution in [0.2, 0.25) is 0 Å². The van der Waals surface area contributed by atoms with Crippen LogP contribution in [-0.4, -0.2) is 42.1 Å². The van der Waals surface area contributed by atoms with Gasteiger partial charge in [0.05, 0.1) is 12.7 Å². The van der Waals surface area contributed by atoms with Gasteiger partial charge in [-0.3, -0.25) is 15.1 Å². The smallest absolute Gasteiger partial charge is 0.303 e. The zero-order chi connectivity index (χ0) is 17.6. The van der Waals surface area contributed by atoms with E-state index < -0.39 is 5.97 Å². The first-order valence-electron chi connectivity index (χ1n) is 9.47. The standard InChI is InChI=1S/C19H29NO5/c1-2-3-8-11-23-20-12-14-13(9-6-4-5-7-10-15(21)22)16-18-19(25-18)17(14)24-16/h4,6,12-13,16-20H,2-3,5,7-11H2,1H3,(H,21,22)/t13-,16+,17-,18-,19+/m0/s1. The molecule has 0 aromatic carbocycles. The van der Waals surface area contributed by atoms with Gasteiger partial charge in [0.1, 0.15) is 18.3 Å². The second-order valence-corrected chi connectivity index (χ2v) is 7.00. The van der Waals surface area contributed by atoms with Gasteiger partial charge in [-0.1, -0.05) is 31.9 Å². The van der Waals surface area contributed by atoms with Crippen molar-refractivity contribution in [3.63, 3.8) is 0 Å². The predicted molar refractivity (Wildman–Crippen MR) is 92.8 cm³/mol. The van der Waals surface area contributed by atoms with Crippen molar-refractivity contribution in [3.05, 3.63) is 23.9 Å². The average molecular weight is 351 g/mol. The molecule has 25 heavy (non-hydrogen) atoms. The second-order valence-electron chi connectivity index (χ2n) is 7.00. The number of carboxylic acid groups (broad SMARTS) is 1. The Morgan fingerprint density at radius 2 is 2.08 bits per heavy atom. The summed E-state index contributed by atoms with van der Waals surface area (Å²) in [5.74, 6) is -0.418. The number of carbonyl (C=O) groups is 1. The highest BCUT2D eigenvalue weighted by Crippen LogP contribution is 2.54. The van der Waals surface area contributed by atoms with Crippen LogP contribution in [0.5, 0.6) is 0 Å². The molecule has 0 radical (unpaired) electrons. The van der Waals surface area contributed by atoms with Crippen LogP contribution in [0.4, 0.5) is 0 Å². The third kappa shape index (κ3) is 4.63. The van der Waals surface area contributed by atoms with Crippen LogP contribution in [0.1, 0.15) is 51.9 Å². The van der Waals surface area contributed by atoms with Gasteiger partial charge in [0, 0.05) is 18.5 Å². The van der Waals surface area contributed by atoms with Crippen LogP contribution in [0, 0.1) is 5.92 Å². The predicted octanol–water partition coefficient (Wildman–Crippen LogP) is 2.95. The molecule has 6 heteroatoms. The lowest BCUT2D eigenvalue weighted by molar-refractivity contribution is -0.137. The number of aliphatic carboxylic acids is 1. The zero-order valence-corrected chi connectivity index (χ0v) is 14.9. The molecule has 3 saturated heterocycles. The minimum Gasteiger partial charge on any atom is -0.481 e. The van der Waals surface area contributed by atoms with E-state index >= 15 is 0 Å². The first-order chi connectivity index (χ1) is 12.2. The van der Waals surface area contributed by atoms with E-state index in [-0.39, 0.29) is 30.8 Å². The number of nitrogens with one attached hydrogen (secondary N) is 1. The molecule has 5 atom stereocenters. The molecule has 0 amide bonds. The van der Waals surface area contributed by atoms with E-state index in [1.807, 2.05) is 6.20 Å². The summed E-state index contributed by atoms with van der Waals surface area (Å²) < 4.78 is 11.8. The number of epoxide rings is 1. The maximum Gasteiger partial charge on any atom is 0.303 e. The van der Waals surface area contributed by atoms with Crippen molar-refractivity contribution in [3.8, 4) is 0 Å². The molecular formula is C19H29NO5. The summed E-state index contributed by atoms with van der Waals surface area (Å²) in [6, 6.07) is 0. The zero-order valence-electron chi connectivity index (χ0n) is 14.9. The van der Waals surface area contributed by atoms with Gasteiger partial charge in [0.15, 0.2) is 0 Å². The maximum absolute atomic E-state index is 10.5. The molecule has 2 N–H and O–H groups in total. The summed E-state index contributed by atoms with van der Waals surface area (Å²) in [6.45, 7) is 2.89. The number of hydroxylamine groups is 1. The van der Waals surface area contributed by atoms with Crippen LogP contribution in [0.3, 0.4) is 0 Å². The molecule has 0 saturated carbocycles. The SMILES string of the molecule is CCCCCONC=C1[C@H](CC=CCCCC(=O)O)[C@H]2O[C@@H]1[C@H]1O[C@@H]21. The van der Waals surface area contributed by atoms with Gasteiger partial charge < -0.3 is 14.6 Å². The third-order valence-electron chi connectivity index (χ3n) is 5.12. The van der Waals surface area contributed by atoms with Crippen molar-refractivity contribution in [1.82, 2.24) is 5.48 Å². The first kappa shape index (κ1) is 18.4. The number of allylic oxidation sites excluding steroid dienone is 2. The molecular weight excluding hydrogens is 322 g/mol. The summed E-state index contributed by atoms with van der Waals surface area (Å²) >= 11 is 0. The fraction of sp³-hybridized carbons (Fsp3) is 0.737. The number of hydrogen-bond donors (Lipinski definition) is 2. The third-order valence-corrected chi connectivity index (χ3v) is 5.12. The summed E-state index contributed by atoms with van der Waals surface area (Å²) in [5.41, 5.74) is 4.21. The number of fused-ring (bicyclic) bond motifs is 5. The second kappa shape index (κ2) is 8.83. The molecule has 0 aromatic heterocycles. The quantitative estimate of drug-likeness (QED) is 0.244. The van der Waals surface area contributed by atoms with E-state index in [2.05, 4.69) is 24.6 Å². The molecule has 0 spiro atoms. The Labute approximate surface area is 149 Å². The van der Waals surface area contributed by atoms with Gasteiger partial charge >= 0.3 is 5.97 Å². The van der Waals surface area contributed by atoms with Crippen LogP contribution < -0.4 is 5.48 Å². The van der Waals surface area contributed by atoms with Crippen molar-refractivity contribution in [2.24, 2.45) is 5.92 Å². The topological polar surface area (TPSA) is 80.3 Å². The summed E-state index contributed by atoms with van der Waals surface area (Å²) in [7, 11) is 0. The fourth-order valence-electron chi connectivity index (χ4n) is 3.75. The number of unbranched alkanes of at least 4 members (excludes halogenated alkanes) is 3. The fourth-order valence-corrected chi connectivity index (χ4v) is 3.75. The Morgan fingerprint density at radius 1 is 1.20 bits per heavy atom. The Hall–Kier alpha value is -1.37. The number of rotatable bonds is 12. The summed E-state index contributed by atoms with van der Waals surface area (Å²) in [4.78, 5) is 16.0. The van der Waals surface area contributed by atoms with E-state index in [4.69, 9.17) is 19.4 Å². The Morgan fingerprint density at radius 3 is 2.88 bits per heavy atom. The van der Waals surface area contributed by atoms with Gasteiger partial charge in [0.25, 0.3) is 0 Å². The van der Waals surface area contributed by atoms with Crippen molar-refractivity contribution >= 4 is 5.97 Å². The number of ether oxygens (including phenoxy) is 2. The van der Waals surface area contributed by atoms with Gasteiger partial charge in [-0.05, 0) is 31.3 Å². The van der Waals surface area contributed by atoms with Crippen LogP contribution in [0.25, 0.3) is 0 Å². The van der Waals surface area contributed by atoms with Gasteiger partial charge in [-0.15, -0.1) is 0 Å². The molecule has 0 aromatic rings. The molecule has 0 unspecified atom stereocenters. The Balaban J connectivity index is 1.45. The van der Waals surface area contributed by atoms with E-state index in [9.17, 15) is 4.79 Å². The molecule has 3 fully saturated rings. The lowest BCUT2D eigenvalue weighted by Crippen LogP contribution is -2.27. The minimum absolute atomic E-state index is 0.0622. The van der Waals surface area contributed by atoms with Crippen molar-refractivity contribution < 1.29 is 24.2 Å². The van der Waals surface area contributed by atoms with E-state index in [0.29, 0.717) is 18.9 Å². The van der Waals surface area contributed by atoms with E-state index in [0.717, 1.165) is 19.3 Å². The van der Waals surface area contributed by atoms with Crippen molar-refractivity contribution in [2.75, 3.05) is 6.61 Å². The molecule has 2 bridgehead atoms. The first-order valence-corrected chi connectivity index (χ1v) is 9.47. The normalized spacial score (nSPS) is 34.0. The lowest BCUT2D eigenvalue weighted by Gasteiger charge is -2.18. The highest BCUT2D eigenvalue weighted by Gasteiger charge is 2.66. The molecule has 3 rings (SSSR count). The molecule has 6 nitrogen and oxygen atoms in total. The van der Waals surface area contributed by atoms with Gasteiger partial charge in [-0.25, -0.2) is 0 Å².